The van der Waals surface area contributed by atoms with Crippen LogP contribution < -0.4 is 15.6 Å². The SMILES string of the molecule is CCI.CCN1CC(S(N)(=O)=O)C1.NS(=O)(=O)C1CNC1. The summed E-state index contributed by atoms with van der Waals surface area (Å²) >= 11 is 2.29. The summed E-state index contributed by atoms with van der Waals surface area (Å²) in [5, 5.41) is 11.8. The van der Waals surface area contributed by atoms with Gasteiger partial charge in [0.25, 0.3) is 0 Å². The number of primary sulfonamides is 2. The molecule has 2 heterocycles. The van der Waals surface area contributed by atoms with Crippen LogP contribution in [0.2, 0.25) is 0 Å². The van der Waals surface area contributed by atoms with E-state index in [2.05, 4.69) is 34.8 Å². The molecule has 0 radical (unpaired) electrons. The summed E-state index contributed by atoms with van der Waals surface area (Å²) in [7, 11) is -6.48. The molecule has 11 heteroatoms. The maximum Gasteiger partial charge on any atom is 0.214 e. The van der Waals surface area contributed by atoms with Crippen LogP contribution in [-0.2, 0) is 20.0 Å². The molecular weight excluding hydrogens is 431 g/mol. The van der Waals surface area contributed by atoms with E-state index >= 15 is 0 Å². The van der Waals surface area contributed by atoms with Crippen molar-refractivity contribution in [3.05, 3.63) is 0 Å². The van der Waals surface area contributed by atoms with Gasteiger partial charge in [-0.05, 0) is 11.0 Å². The lowest BCUT2D eigenvalue weighted by molar-refractivity contribution is 0.195. The Kier molecular flexibility index (Phi) is 9.79. The van der Waals surface area contributed by atoms with E-state index in [4.69, 9.17) is 10.3 Å². The molecule has 0 saturated carbocycles. The normalized spacial score (nSPS) is 20.2. The third-order valence-corrected chi connectivity index (χ3v) is 5.53. The van der Waals surface area contributed by atoms with Crippen molar-refractivity contribution in [2.45, 2.75) is 24.3 Å². The van der Waals surface area contributed by atoms with Gasteiger partial charge in [0.1, 0.15) is 5.25 Å². The maximum absolute atomic E-state index is 10.6. The zero-order chi connectivity index (χ0) is 16.7. The maximum atomic E-state index is 10.6. The second kappa shape index (κ2) is 9.57. The van der Waals surface area contributed by atoms with Crippen molar-refractivity contribution in [3.63, 3.8) is 0 Å². The van der Waals surface area contributed by atoms with Crippen LogP contribution in [0, 0.1) is 0 Å². The molecule has 2 aliphatic heterocycles. The van der Waals surface area contributed by atoms with Crippen LogP contribution in [-0.4, -0.2) is 69.4 Å². The topological polar surface area (TPSA) is 136 Å². The smallest absolute Gasteiger partial charge is 0.214 e. The highest BCUT2D eigenvalue weighted by Crippen LogP contribution is 2.12. The lowest BCUT2D eigenvalue weighted by Gasteiger charge is -2.36. The van der Waals surface area contributed by atoms with Gasteiger partial charge in [-0.2, -0.15) is 0 Å². The molecule has 2 rings (SSSR count). The van der Waals surface area contributed by atoms with Gasteiger partial charge in [-0.1, -0.05) is 36.4 Å². The van der Waals surface area contributed by atoms with E-state index in [9.17, 15) is 16.8 Å². The third-order valence-electron chi connectivity index (χ3n) is 3.04. The molecule has 0 amide bonds. The number of alkyl halides is 1. The van der Waals surface area contributed by atoms with Crippen molar-refractivity contribution in [1.82, 2.24) is 10.2 Å². The second-order valence-electron chi connectivity index (χ2n) is 4.70. The highest BCUT2D eigenvalue weighted by molar-refractivity contribution is 14.1. The number of nitrogens with zero attached hydrogens (tertiary/aromatic N) is 1. The summed E-state index contributed by atoms with van der Waals surface area (Å²) < 4.78 is 43.2. The van der Waals surface area contributed by atoms with Crippen LogP contribution in [0.3, 0.4) is 0 Å². The van der Waals surface area contributed by atoms with E-state index in [-0.39, 0.29) is 10.5 Å². The quantitative estimate of drug-likeness (QED) is 0.356. The van der Waals surface area contributed by atoms with E-state index < -0.39 is 20.0 Å². The van der Waals surface area contributed by atoms with Gasteiger partial charge in [0.2, 0.25) is 20.0 Å². The highest BCUT2D eigenvalue weighted by atomic mass is 127. The van der Waals surface area contributed by atoms with E-state index in [1.807, 2.05) is 11.8 Å². The van der Waals surface area contributed by atoms with E-state index in [1.165, 1.54) is 4.43 Å². The molecule has 0 unspecified atom stereocenters. The van der Waals surface area contributed by atoms with Gasteiger partial charge < -0.3 is 10.2 Å². The van der Waals surface area contributed by atoms with Crippen molar-refractivity contribution in [1.29, 1.82) is 0 Å². The van der Waals surface area contributed by atoms with Gasteiger partial charge in [0.15, 0.2) is 0 Å². The molecule has 21 heavy (non-hydrogen) atoms. The van der Waals surface area contributed by atoms with Gasteiger partial charge >= 0.3 is 0 Å². The molecule has 5 N–H and O–H groups in total. The zero-order valence-electron chi connectivity index (χ0n) is 12.3. The fourth-order valence-electron chi connectivity index (χ4n) is 1.48. The molecule has 0 aromatic heterocycles. The molecule has 0 aromatic rings. The number of halogens is 1. The summed E-state index contributed by atoms with van der Waals surface area (Å²) in [5.74, 6) is 0. The molecule has 0 bridgehead atoms. The molecule has 0 aromatic carbocycles. The molecule has 128 valence electrons. The molecule has 2 fully saturated rings. The zero-order valence-corrected chi connectivity index (χ0v) is 16.1. The largest absolute Gasteiger partial charge is 0.314 e. The summed E-state index contributed by atoms with van der Waals surface area (Å²) in [6.45, 7) is 7.26. The Morgan fingerprint density at radius 3 is 1.57 bits per heavy atom. The Balaban J connectivity index is 0.000000327. The van der Waals surface area contributed by atoms with Crippen molar-refractivity contribution >= 4 is 42.6 Å². The second-order valence-corrected chi connectivity index (χ2v) is 9.91. The van der Waals surface area contributed by atoms with Crippen LogP contribution in [0.15, 0.2) is 0 Å². The fraction of sp³-hybridized carbons (Fsp3) is 1.00. The first-order valence-corrected chi connectivity index (χ1v) is 11.3. The lowest BCUT2D eigenvalue weighted by atomic mass is 10.2. The van der Waals surface area contributed by atoms with Crippen LogP contribution in [0.1, 0.15) is 13.8 Å². The number of likely N-dealkylation sites (tertiary alicyclic amines) is 1. The van der Waals surface area contributed by atoms with Crippen molar-refractivity contribution in [2.75, 3.05) is 37.2 Å². The predicted molar refractivity (Wildman–Crippen MR) is 93.3 cm³/mol. The predicted octanol–water partition coefficient (Wildman–Crippen LogP) is -1.33. The monoisotopic (exact) mass is 456 g/mol. The van der Waals surface area contributed by atoms with Crippen LogP contribution >= 0.6 is 22.6 Å². The first kappa shape index (κ1) is 21.5. The Bertz CT molecular complexity index is 487. The molecule has 2 saturated heterocycles. The number of hydrogen-bond acceptors (Lipinski definition) is 6. The standard InChI is InChI=1S/C5H12N2O2S.C3H8N2O2S.C2H5I/c1-2-7-3-5(4-7)10(6,8)9;4-8(6,7)3-1-5-2-3;1-2-3/h5H,2-4H2,1H3,(H2,6,8,9);3,5H,1-2H2,(H2,4,6,7);2H2,1H3. The van der Waals surface area contributed by atoms with E-state index in [0.717, 1.165) is 6.54 Å². The van der Waals surface area contributed by atoms with Crippen molar-refractivity contribution < 1.29 is 16.8 Å². The van der Waals surface area contributed by atoms with Crippen molar-refractivity contribution in [2.24, 2.45) is 10.3 Å². The summed E-state index contributed by atoms with van der Waals surface area (Å²) in [6.07, 6.45) is 0. The fourth-order valence-corrected chi connectivity index (χ4v) is 3.02. The first-order chi connectivity index (χ1) is 9.56. The Hall–Kier alpha value is 0.470. The number of rotatable bonds is 3. The number of hydrogen-bond donors (Lipinski definition) is 3. The Labute approximate surface area is 141 Å². The molecule has 8 nitrogen and oxygen atoms in total. The number of nitrogens with two attached hydrogens (primary N) is 2. The van der Waals surface area contributed by atoms with Crippen LogP contribution in [0.4, 0.5) is 0 Å². The lowest BCUT2D eigenvalue weighted by Crippen LogP contribution is -2.56. The summed E-state index contributed by atoms with van der Waals surface area (Å²) in [6, 6.07) is 0. The van der Waals surface area contributed by atoms with Gasteiger partial charge in [-0.25, -0.2) is 27.1 Å². The minimum atomic E-state index is -3.25. The molecular formula is C10H25IN4O4S2. The minimum absolute atomic E-state index is 0.313. The molecule has 2 aliphatic rings. The average molecular weight is 456 g/mol. The molecule has 0 aliphatic carbocycles. The van der Waals surface area contributed by atoms with E-state index in [0.29, 0.717) is 26.2 Å². The minimum Gasteiger partial charge on any atom is -0.314 e. The number of sulfonamides is 2. The third kappa shape index (κ3) is 8.62. The van der Waals surface area contributed by atoms with Crippen LogP contribution in [0.25, 0.3) is 0 Å². The highest BCUT2D eigenvalue weighted by Gasteiger charge is 2.33. The molecule has 0 atom stereocenters. The molecule has 0 spiro atoms. The van der Waals surface area contributed by atoms with E-state index in [1.54, 1.807) is 0 Å². The van der Waals surface area contributed by atoms with Gasteiger partial charge in [0.05, 0.1) is 5.25 Å². The first-order valence-electron chi connectivity index (χ1n) is 6.58. The van der Waals surface area contributed by atoms with Crippen LogP contribution in [0.5, 0.6) is 0 Å². The van der Waals surface area contributed by atoms with Crippen molar-refractivity contribution in [3.8, 4) is 0 Å². The van der Waals surface area contributed by atoms with Gasteiger partial charge in [-0.3, -0.25) is 0 Å². The average Bonchev–Trinajstić information content (AvgIpc) is 2.09. The Morgan fingerprint density at radius 2 is 1.43 bits per heavy atom. The summed E-state index contributed by atoms with van der Waals surface area (Å²) in [4.78, 5) is 2.04. The summed E-state index contributed by atoms with van der Waals surface area (Å²) in [5.41, 5.74) is 0. The Morgan fingerprint density at radius 1 is 1.05 bits per heavy atom. The number of nitrogens with one attached hydrogen (secondary N) is 1. The van der Waals surface area contributed by atoms with Gasteiger partial charge in [0, 0.05) is 26.2 Å². The van der Waals surface area contributed by atoms with Gasteiger partial charge in [-0.15, -0.1) is 0 Å².